The molecule has 1 nitrogen and oxygen atoms in total. The molecule has 0 fully saturated rings. The molecular weight excluding hydrogens is 210 g/mol. The van der Waals surface area contributed by atoms with E-state index >= 15 is 0 Å². The Balaban J connectivity index is 5.05. The Hall–Kier alpha value is -0.0831. The molecule has 1 unspecified atom stereocenters. The van der Waals surface area contributed by atoms with Crippen LogP contribution in [-0.2, 0) is 0 Å². The SMILES string of the molecule is CC=CC(N(C)C)[Si](CC)(CCC)CCC. The highest BCUT2D eigenvalue weighted by Gasteiger charge is 2.37. The third kappa shape index (κ3) is 4.06. The fourth-order valence-corrected chi connectivity index (χ4v) is 8.74. The monoisotopic (exact) mass is 241 g/mol. The van der Waals surface area contributed by atoms with Gasteiger partial charge in [-0.05, 0) is 21.0 Å². The molecule has 0 aliphatic heterocycles. The Labute approximate surface area is 104 Å². The molecule has 0 bridgehead atoms. The molecular formula is C14H31NSi. The van der Waals surface area contributed by atoms with E-state index in [0.717, 1.165) is 5.67 Å². The molecule has 0 heterocycles. The average molecular weight is 241 g/mol. The number of likely N-dealkylation sites (N-methyl/N-ethyl adjacent to an activating group) is 1. The summed E-state index contributed by atoms with van der Waals surface area (Å²) >= 11 is 0. The van der Waals surface area contributed by atoms with Crippen LogP contribution in [0.5, 0.6) is 0 Å². The van der Waals surface area contributed by atoms with Gasteiger partial charge in [0.15, 0.2) is 0 Å². The van der Waals surface area contributed by atoms with E-state index in [9.17, 15) is 0 Å². The van der Waals surface area contributed by atoms with Gasteiger partial charge < -0.3 is 4.90 Å². The van der Waals surface area contributed by atoms with Gasteiger partial charge in [-0.15, -0.1) is 0 Å². The molecule has 0 radical (unpaired) electrons. The van der Waals surface area contributed by atoms with E-state index in [0.29, 0.717) is 0 Å². The molecule has 2 heteroatoms. The van der Waals surface area contributed by atoms with Crippen LogP contribution < -0.4 is 0 Å². The summed E-state index contributed by atoms with van der Waals surface area (Å²) in [6.07, 6.45) is 7.39. The molecule has 0 aromatic heterocycles. The van der Waals surface area contributed by atoms with Gasteiger partial charge in [-0.25, -0.2) is 0 Å². The van der Waals surface area contributed by atoms with Crippen molar-refractivity contribution < 1.29 is 0 Å². The molecule has 0 aromatic carbocycles. The van der Waals surface area contributed by atoms with Crippen LogP contribution in [0, 0.1) is 0 Å². The number of allylic oxidation sites excluding steroid dienone is 1. The van der Waals surface area contributed by atoms with Gasteiger partial charge in [-0.1, -0.05) is 63.9 Å². The number of hydrogen-bond acceptors (Lipinski definition) is 1. The van der Waals surface area contributed by atoms with Gasteiger partial charge in [-0.3, -0.25) is 0 Å². The third-order valence-corrected chi connectivity index (χ3v) is 10.1. The fourth-order valence-electron chi connectivity index (χ4n) is 3.09. The van der Waals surface area contributed by atoms with Crippen molar-refractivity contribution in [1.82, 2.24) is 4.90 Å². The lowest BCUT2D eigenvalue weighted by atomic mass is 10.5. The zero-order valence-corrected chi connectivity index (χ0v) is 13.2. The molecule has 0 spiro atoms. The number of nitrogens with zero attached hydrogens (tertiary/aromatic N) is 1. The smallest absolute Gasteiger partial charge is 0.0774 e. The van der Waals surface area contributed by atoms with Gasteiger partial charge in [0.2, 0.25) is 0 Å². The molecule has 0 amide bonds. The van der Waals surface area contributed by atoms with Gasteiger partial charge >= 0.3 is 0 Å². The fraction of sp³-hybridized carbons (Fsp3) is 0.857. The predicted molar refractivity (Wildman–Crippen MR) is 78.7 cm³/mol. The molecule has 0 saturated heterocycles. The van der Waals surface area contributed by atoms with Crippen molar-refractivity contribution in [3.05, 3.63) is 12.2 Å². The quantitative estimate of drug-likeness (QED) is 0.452. The molecule has 0 aliphatic carbocycles. The second-order valence-electron chi connectivity index (χ2n) is 5.15. The lowest BCUT2D eigenvalue weighted by Crippen LogP contribution is -2.52. The highest BCUT2D eigenvalue weighted by Crippen LogP contribution is 2.30. The van der Waals surface area contributed by atoms with Crippen LogP contribution in [0.15, 0.2) is 12.2 Å². The third-order valence-electron chi connectivity index (χ3n) is 3.76. The summed E-state index contributed by atoms with van der Waals surface area (Å²) in [6.45, 7) is 9.26. The Bertz CT molecular complexity index is 193. The van der Waals surface area contributed by atoms with Crippen molar-refractivity contribution >= 4 is 8.07 Å². The minimum absolute atomic E-state index is 0.724. The second-order valence-corrected chi connectivity index (χ2v) is 10.2. The first-order chi connectivity index (χ1) is 7.57. The first kappa shape index (κ1) is 15.9. The van der Waals surface area contributed by atoms with Gasteiger partial charge in [0.05, 0.1) is 8.07 Å². The standard InChI is InChI=1S/C14H31NSi/c1-7-11-14(15(5)6)16(10-4,12-8-2)13-9-3/h7,11,14H,8-10,12-13H2,1-6H3. The number of rotatable bonds is 8. The van der Waals surface area contributed by atoms with E-state index in [1.807, 2.05) is 0 Å². The summed E-state index contributed by atoms with van der Waals surface area (Å²) in [5.74, 6) is 0. The maximum Gasteiger partial charge on any atom is 0.0774 e. The highest BCUT2D eigenvalue weighted by atomic mass is 28.3. The molecule has 96 valence electrons. The van der Waals surface area contributed by atoms with Crippen molar-refractivity contribution in [2.24, 2.45) is 0 Å². The van der Waals surface area contributed by atoms with Crippen molar-refractivity contribution in [1.29, 1.82) is 0 Å². The largest absolute Gasteiger partial charge is 0.306 e. The van der Waals surface area contributed by atoms with Gasteiger partial charge in [-0.2, -0.15) is 0 Å². The summed E-state index contributed by atoms with van der Waals surface area (Å²) in [4.78, 5) is 2.45. The maximum atomic E-state index is 2.45. The van der Waals surface area contributed by atoms with Crippen molar-refractivity contribution in [3.8, 4) is 0 Å². The van der Waals surface area contributed by atoms with E-state index < -0.39 is 8.07 Å². The normalized spacial score (nSPS) is 14.9. The number of hydrogen-bond donors (Lipinski definition) is 0. The van der Waals surface area contributed by atoms with Crippen LogP contribution in [0.25, 0.3) is 0 Å². The molecule has 0 aromatic rings. The first-order valence-corrected chi connectivity index (χ1v) is 9.57. The van der Waals surface area contributed by atoms with E-state index in [-0.39, 0.29) is 0 Å². The van der Waals surface area contributed by atoms with Crippen LogP contribution >= 0.6 is 0 Å². The van der Waals surface area contributed by atoms with E-state index in [1.54, 1.807) is 0 Å². The Morgan fingerprint density at radius 3 is 1.81 bits per heavy atom. The van der Waals surface area contributed by atoms with E-state index in [2.05, 4.69) is 58.8 Å². The maximum absolute atomic E-state index is 2.45. The summed E-state index contributed by atoms with van der Waals surface area (Å²) in [5.41, 5.74) is 0.724. The minimum atomic E-state index is -1.14. The lowest BCUT2D eigenvalue weighted by Gasteiger charge is -2.40. The van der Waals surface area contributed by atoms with Gasteiger partial charge in [0, 0.05) is 5.67 Å². The van der Waals surface area contributed by atoms with Crippen LogP contribution in [0.4, 0.5) is 0 Å². The van der Waals surface area contributed by atoms with Crippen LogP contribution in [0.3, 0.4) is 0 Å². The Morgan fingerprint density at radius 1 is 1.06 bits per heavy atom. The first-order valence-electron chi connectivity index (χ1n) is 6.87. The highest BCUT2D eigenvalue weighted by molar-refractivity contribution is 6.81. The molecule has 16 heavy (non-hydrogen) atoms. The zero-order valence-electron chi connectivity index (χ0n) is 12.2. The van der Waals surface area contributed by atoms with Crippen LogP contribution in [0.1, 0.15) is 40.5 Å². The summed E-state index contributed by atoms with van der Waals surface area (Å²) in [7, 11) is 3.34. The van der Waals surface area contributed by atoms with Crippen LogP contribution in [-0.4, -0.2) is 32.7 Å². The summed E-state index contributed by atoms with van der Waals surface area (Å²) < 4.78 is 0. The average Bonchev–Trinajstić information content (AvgIpc) is 2.25. The topological polar surface area (TPSA) is 3.24 Å². The Kier molecular flexibility index (Phi) is 8.03. The zero-order chi connectivity index (χ0) is 12.6. The van der Waals surface area contributed by atoms with Crippen LogP contribution in [0.2, 0.25) is 18.1 Å². The van der Waals surface area contributed by atoms with Gasteiger partial charge in [0.1, 0.15) is 0 Å². The van der Waals surface area contributed by atoms with E-state index in [1.165, 1.54) is 31.0 Å². The van der Waals surface area contributed by atoms with E-state index in [4.69, 9.17) is 0 Å². The lowest BCUT2D eigenvalue weighted by molar-refractivity contribution is 0.404. The second kappa shape index (κ2) is 8.07. The van der Waals surface area contributed by atoms with Crippen molar-refractivity contribution in [2.45, 2.75) is 64.3 Å². The van der Waals surface area contributed by atoms with Crippen molar-refractivity contribution in [2.75, 3.05) is 14.1 Å². The summed E-state index contributed by atoms with van der Waals surface area (Å²) in [5, 5.41) is 0. The molecule has 1 atom stereocenters. The molecule has 0 saturated carbocycles. The molecule has 0 N–H and O–H groups in total. The van der Waals surface area contributed by atoms with Crippen molar-refractivity contribution in [3.63, 3.8) is 0 Å². The predicted octanol–water partition coefficient (Wildman–Crippen LogP) is 4.32. The molecule has 0 rings (SSSR count). The van der Waals surface area contributed by atoms with Gasteiger partial charge in [0.25, 0.3) is 0 Å². The Morgan fingerprint density at radius 2 is 1.56 bits per heavy atom. The molecule has 0 aliphatic rings. The minimum Gasteiger partial charge on any atom is -0.306 e. The summed E-state index contributed by atoms with van der Waals surface area (Å²) in [6, 6.07) is 4.37.